The van der Waals surface area contributed by atoms with Crippen molar-refractivity contribution in [1.29, 1.82) is 0 Å². The summed E-state index contributed by atoms with van der Waals surface area (Å²) >= 11 is 0. The molecule has 3 aromatic rings. The number of nitrogens with zero attached hydrogens (tertiary/aromatic N) is 3. The quantitative estimate of drug-likeness (QED) is 0.543. The van der Waals surface area contributed by atoms with Crippen LogP contribution in [0.2, 0.25) is 0 Å². The van der Waals surface area contributed by atoms with Crippen LogP contribution in [0.4, 0.5) is 11.4 Å². The fourth-order valence-corrected chi connectivity index (χ4v) is 2.53. The number of aryl methyl sites for hydroxylation is 1. The van der Waals surface area contributed by atoms with Crippen molar-refractivity contribution in [1.82, 2.24) is 9.97 Å². The van der Waals surface area contributed by atoms with Crippen molar-refractivity contribution in [2.45, 2.75) is 6.92 Å². The Morgan fingerprint density at radius 3 is 2.59 bits per heavy atom. The third-order valence-electron chi connectivity index (χ3n) is 3.95. The summed E-state index contributed by atoms with van der Waals surface area (Å²) in [4.78, 5) is 24.8. The number of fused-ring (bicyclic) bond motifs is 1. The average molecular weight is 365 g/mol. The lowest BCUT2D eigenvalue weighted by Gasteiger charge is -2.10. The monoisotopic (exact) mass is 365 g/mol. The highest BCUT2D eigenvalue weighted by atomic mass is 16.5. The number of hydrogen-bond acceptors (Lipinski definition) is 6. The first-order valence-electron chi connectivity index (χ1n) is 8.10. The van der Waals surface area contributed by atoms with Crippen molar-refractivity contribution in [2.75, 3.05) is 19.5 Å². The van der Waals surface area contributed by atoms with E-state index in [0.29, 0.717) is 17.3 Å². The van der Waals surface area contributed by atoms with Gasteiger partial charge in [-0.3, -0.25) is 4.79 Å². The van der Waals surface area contributed by atoms with Gasteiger partial charge in [-0.2, -0.15) is 4.99 Å². The minimum Gasteiger partial charge on any atom is -0.480 e. The highest BCUT2D eigenvalue weighted by Crippen LogP contribution is 2.32. The summed E-state index contributed by atoms with van der Waals surface area (Å²) in [6.07, 6.45) is 2.74. The van der Waals surface area contributed by atoms with Gasteiger partial charge in [0.15, 0.2) is 0 Å². The minimum atomic E-state index is -0.376. The number of hydrogen-bond donors (Lipinski definition) is 2. The molecule has 1 amide bonds. The predicted molar refractivity (Wildman–Crippen MR) is 104 cm³/mol. The lowest BCUT2D eigenvalue weighted by Crippen LogP contribution is -2.14. The number of anilines is 1. The van der Waals surface area contributed by atoms with Gasteiger partial charge in [-0.15, -0.1) is 0 Å². The van der Waals surface area contributed by atoms with Crippen molar-refractivity contribution in [2.24, 2.45) is 10.7 Å². The van der Waals surface area contributed by atoms with E-state index < -0.39 is 0 Å². The Balaban J connectivity index is 1.95. The van der Waals surface area contributed by atoms with Crippen LogP contribution in [0, 0.1) is 6.92 Å². The Bertz CT molecular complexity index is 1020. The van der Waals surface area contributed by atoms with Gasteiger partial charge < -0.3 is 20.5 Å². The van der Waals surface area contributed by atoms with Crippen LogP contribution >= 0.6 is 0 Å². The molecule has 0 fully saturated rings. The van der Waals surface area contributed by atoms with E-state index in [9.17, 15) is 4.79 Å². The number of carbonyl (C=O) groups excluding carboxylic acids is 1. The van der Waals surface area contributed by atoms with Gasteiger partial charge in [0.25, 0.3) is 11.9 Å². The van der Waals surface area contributed by atoms with Gasteiger partial charge >= 0.3 is 0 Å². The summed E-state index contributed by atoms with van der Waals surface area (Å²) in [6.45, 7) is 1.93. The SMILES string of the molecule is CO/C(N)=N\c1c(C)ccc2ccc(NC(=O)c3cnc(OC)cn3)cc12. The number of amidine groups is 1. The van der Waals surface area contributed by atoms with Crippen LogP contribution in [0.25, 0.3) is 10.8 Å². The van der Waals surface area contributed by atoms with E-state index in [2.05, 4.69) is 20.3 Å². The Hall–Kier alpha value is -3.68. The van der Waals surface area contributed by atoms with Crippen LogP contribution in [0.15, 0.2) is 47.7 Å². The van der Waals surface area contributed by atoms with E-state index in [0.717, 1.165) is 16.3 Å². The smallest absolute Gasteiger partial charge is 0.286 e. The van der Waals surface area contributed by atoms with Crippen molar-refractivity contribution in [3.8, 4) is 5.88 Å². The summed E-state index contributed by atoms with van der Waals surface area (Å²) in [5.41, 5.74) is 8.12. The van der Waals surface area contributed by atoms with Crippen molar-refractivity contribution < 1.29 is 14.3 Å². The molecule has 8 nitrogen and oxygen atoms in total. The molecule has 0 aliphatic carbocycles. The molecule has 0 aliphatic heterocycles. The van der Waals surface area contributed by atoms with Gasteiger partial charge in [-0.25, -0.2) is 9.97 Å². The van der Waals surface area contributed by atoms with Crippen LogP contribution in [-0.4, -0.2) is 36.1 Å². The molecule has 1 heterocycles. The highest BCUT2D eigenvalue weighted by Gasteiger charge is 2.11. The van der Waals surface area contributed by atoms with Crippen LogP contribution in [0.3, 0.4) is 0 Å². The molecule has 3 rings (SSSR count). The summed E-state index contributed by atoms with van der Waals surface area (Å²) in [7, 11) is 2.94. The first-order chi connectivity index (χ1) is 13.0. The molecular weight excluding hydrogens is 346 g/mol. The van der Waals surface area contributed by atoms with E-state index in [1.54, 1.807) is 6.07 Å². The molecule has 0 aliphatic rings. The minimum absolute atomic E-state index is 0.0635. The van der Waals surface area contributed by atoms with E-state index in [1.807, 2.05) is 31.2 Å². The lowest BCUT2D eigenvalue weighted by atomic mass is 10.0. The second-order valence-corrected chi connectivity index (χ2v) is 5.72. The Morgan fingerprint density at radius 1 is 1.15 bits per heavy atom. The predicted octanol–water partition coefficient (Wildman–Crippen LogP) is 2.79. The van der Waals surface area contributed by atoms with Crippen LogP contribution in [-0.2, 0) is 4.74 Å². The molecule has 0 spiro atoms. The molecular formula is C19H19N5O3. The van der Waals surface area contributed by atoms with E-state index >= 15 is 0 Å². The number of nitrogens with one attached hydrogen (secondary N) is 1. The van der Waals surface area contributed by atoms with Crippen LogP contribution in [0.5, 0.6) is 5.88 Å². The molecule has 0 atom stereocenters. The number of nitrogens with two attached hydrogens (primary N) is 1. The van der Waals surface area contributed by atoms with E-state index in [4.69, 9.17) is 15.2 Å². The number of aliphatic imine (C=N–C) groups is 1. The average Bonchev–Trinajstić information content (AvgIpc) is 2.70. The molecule has 3 N–H and O–H groups in total. The first-order valence-corrected chi connectivity index (χ1v) is 8.10. The van der Waals surface area contributed by atoms with Gasteiger partial charge in [-0.05, 0) is 30.0 Å². The molecule has 8 heteroatoms. The highest BCUT2D eigenvalue weighted by molar-refractivity contribution is 6.05. The number of aromatic nitrogens is 2. The van der Waals surface area contributed by atoms with Gasteiger partial charge in [0.1, 0.15) is 5.69 Å². The summed E-state index contributed by atoms with van der Waals surface area (Å²) in [5, 5.41) is 4.61. The standard InChI is InChI=1S/C19H19N5O3/c1-11-4-5-12-6-7-13(8-14(12)17(11)24-19(20)27-3)23-18(25)15-9-22-16(26-2)10-21-15/h4-10H,1-3H3,(H2,20,24)(H,23,25). The third-order valence-corrected chi connectivity index (χ3v) is 3.95. The van der Waals surface area contributed by atoms with Crippen molar-refractivity contribution in [3.05, 3.63) is 54.0 Å². The third kappa shape index (κ3) is 3.95. The van der Waals surface area contributed by atoms with Gasteiger partial charge in [0.05, 0.1) is 32.3 Å². The topological polar surface area (TPSA) is 112 Å². The zero-order valence-corrected chi connectivity index (χ0v) is 15.2. The number of carbonyl (C=O) groups is 1. The molecule has 138 valence electrons. The molecule has 0 saturated heterocycles. The van der Waals surface area contributed by atoms with E-state index in [1.165, 1.54) is 26.6 Å². The second kappa shape index (κ2) is 7.69. The van der Waals surface area contributed by atoms with E-state index in [-0.39, 0.29) is 17.6 Å². The maximum atomic E-state index is 12.4. The number of ether oxygens (including phenoxy) is 2. The zero-order valence-electron chi connectivity index (χ0n) is 15.2. The fraction of sp³-hybridized carbons (Fsp3) is 0.158. The Kier molecular flexibility index (Phi) is 5.16. The maximum absolute atomic E-state index is 12.4. The molecule has 27 heavy (non-hydrogen) atoms. The van der Waals surface area contributed by atoms with Gasteiger partial charge in [-0.1, -0.05) is 18.2 Å². The number of rotatable bonds is 4. The largest absolute Gasteiger partial charge is 0.480 e. The van der Waals surface area contributed by atoms with Crippen molar-refractivity contribution >= 4 is 34.1 Å². The summed E-state index contributed by atoms with van der Waals surface area (Å²) in [6, 6.07) is 9.53. The van der Waals surface area contributed by atoms with Crippen LogP contribution < -0.4 is 15.8 Å². The van der Waals surface area contributed by atoms with Crippen LogP contribution in [0.1, 0.15) is 16.1 Å². The van der Waals surface area contributed by atoms with Gasteiger partial charge in [0.2, 0.25) is 5.88 Å². The fourth-order valence-electron chi connectivity index (χ4n) is 2.53. The van der Waals surface area contributed by atoms with Gasteiger partial charge in [0, 0.05) is 11.1 Å². The first kappa shape index (κ1) is 18.1. The summed E-state index contributed by atoms with van der Waals surface area (Å²) in [5.74, 6) is -0.0374. The zero-order chi connectivity index (χ0) is 19.4. The lowest BCUT2D eigenvalue weighted by molar-refractivity contribution is 0.102. The molecule has 0 radical (unpaired) electrons. The molecule has 1 aromatic heterocycles. The Labute approximate surface area is 156 Å². The molecule has 0 bridgehead atoms. The summed E-state index contributed by atoms with van der Waals surface area (Å²) < 4.78 is 9.90. The molecule has 0 unspecified atom stereocenters. The second-order valence-electron chi connectivity index (χ2n) is 5.72. The Morgan fingerprint density at radius 2 is 1.93 bits per heavy atom. The normalized spacial score (nSPS) is 11.3. The molecule has 0 saturated carbocycles. The number of methoxy groups -OCH3 is 2. The maximum Gasteiger partial charge on any atom is 0.286 e. The number of amides is 1. The van der Waals surface area contributed by atoms with Crippen molar-refractivity contribution in [3.63, 3.8) is 0 Å². The molecule has 2 aromatic carbocycles. The number of benzene rings is 2.